The van der Waals surface area contributed by atoms with E-state index in [2.05, 4.69) is 50.3 Å². The molecule has 3 saturated heterocycles. The summed E-state index contributed by atoms with van der Waals surface area (Å²) >= 11 is 0. The lowest BCUT2D eigenvalue weighted by Crippen LogP contribution is -2.52. The van der Waals surface area contributed by atoms with Gasteiger partial charge in [-0.1, -0.05) is 48.0 Å². The zero-order valence-corrected chi connectivity index (χ0v) is 32.3. The van der Waals surface area contributed by atoms with Crippen molar-refractivity contribution >= 4 is 29.1 Å². The number of halogens is 2. The molecule has 3 atom stereocenters. The van der Waals surface area contributed by atoms with Gasteiger partial charge in [0.15, 0.2) is 0 Å². The summed E-state index contributed by atoms with van der Waals surface area (Å²) in [5, 5.41) is 12.5. The normalized spacial score (nSPS) is 24.0. The Hall–Kier alpha value is -5.29. The van der Waals surface area contributed by atoms with E-state index in [1.807, 2.05) is 43.3 Å². The first-order chi connectivity index (χ1) is 27.5. The summed E-state index contributed by atoms with van der Waals surface area (Å²) in [5.74, 6) is -4.05. The van der Waals surface area contributed by atoms with E-state index in [4.69, 9.17) is 0 Å². The summed E-state index contributed by atoms with van der Waals surface area (Å²) in [5.41, 5.74) is 7.32. The van der Waals surface area contributed by atoms with Gasteiger partial charge in [0.05, 0.1) is 0 Å². The molecule has 0 aromatic heterocycles. The lowest BCUT2D eigenvalue weighted by molar-refractivity contribution is -0.136. The second-order valence-corrected chi connectivity index (χ2v) is 16.7. The number of piperidine rings is 2. The third-order valence-electron chi connectivity index (χ3n) is 13.1. The van der Waals surface area contributed by atoms with Crippen molar-refractivity contribution in [3.63, 3.8) is 0 Å². The van der Waals surface area contributed by atoms with Crippen LogP contribution in [0, 0.1) is 12.8 Å². The molecule has 3 amide bonds. The topological polar surface area (TPSA) is 96.4 Å². The molecule has 0 saturated carbocycles. The van der Waals surface area contributed by atoms with Gasteiger partial charge in [0.1, 0.15) is 11.8 Å². The van der Waals surface area contributed by atoms with Crippen LogP contribution in [0.4, 0.5) is 20.2 Å². The number of amides is 3. The zero-order valence-electron chi connectivity index (χ0n) is 32.3. The van der Waals surface area contributed by atoms with Gasteiger partial charge in [0, 0.05) is 99.5 Å². The van der Waals surface area contributed by atoms with Gasteiger partial charge in [0.2, 0.25) is 11.8 Å². The van der Waals surface area contributed by atoms with Crippen LogP contribution in [0.15, 0.2) is 84.9 Å². The van der Waals surface area contributed by atoms with Crippen molar-refractivity contribution in [3.8, 4) is 5.75 Å². The number of carbonyl (C=O) groups excluding carboxylic acids is 3. The maximum atomic E-state index is 15.6. The van der Waals surface area contributed by atoms with Gasteiger partial charge in [-0.2, -0.15) is 0 Å². The number of anilines is 2. The van der Waals surface area contributed by atoms with Crippen LogP contribution in [0.25, 0.3) is 0 Å². The molecule has 0 radical (unpaired) electrons. The molecule has 11 heteroatoms. The first-order valence-corrected chi connectivity index (χ1v) is 20.4. The Morgan fingerprint density at radius 2 is 1.46 bits per heavy atom. The first kappa shape index (κ1) is 37.3. The van der Waals surface area contributed by atoms with Gasteiger partial charge in [-0.05, 0) is 96.8 Å². The fraction of sp³-hybridized carbons (Fsp3) is 0.413. The van der Waals surface area contributed by atoms with E-state index in [1.165, 1.54) is 12.1 Å². The van der Waals surface area contributed by atoms with Gasteiger partial charge in [-0.3, -0.25) is 24.6 Å². The number of imide groups is 1. The van der Waals surface area contributed by atoms with Gasteiger partial charge in [-0.25, -0.2) is 8.78 Å². The van der Waals surface area contributed by atoms with Gasteiger partial charge in [-0.15, -0.1) is 0 Å². The Morgan fingerprint density at radius 1 is 0.772 bits per heavy atom. The highest BCUT2D eigenvalue weighted by molar-refractivity contribution is 6.05. The summed E-state index contributed by atoms with van der Waals surface area (Å²) in [6.45, 7) is 9.15. The van der Waals surface area contributed by atoms with E-state index >= 15 is 8.78 Å². The van der Waals surface area contributed by atoms with Crippen LogP contribution in [0.5, 0.6) is 5.75 Å². The smallest absolute Gasteiger partial charge is 0.274 e. The number of rotatable bonds is 7. The highest BCUT2D eigenvalue weighted by atomic mass is 19.3. The molecule has 3 fully saturated rings. The minimum absolute atomic E-state index is 0.0792. The number of benzene rings is 4. The number of hydrogen-bond acceptors (Lipinski definition) is 7. The number of piperazine rings is 1. The van der Waals surface area contributed by atoms with E-state index < -0.39 is 17.9 Å². The van der Waals surface area contributed by atoms with Crippen molar-refractivity contribution in [3.05, 3.63) is 124 Å². The maximum Gasteiger partial charge on any atom is 0.274 e. The van der Waals surface area contributed by atoms with E-state index in [1.54, 1.807) is 11.0 Å². The van der Waals surface area contributed by atoms with E-state index in [-0.39, 0.29) is 47.8 Å². The number of phenols is 1. The molecule has 4 aromatic carbocycles. The lowest BCUT2D eigenvalue weighted by Gasteiger charge is -2.40. The minimum atomic E-state index is -3.05. The lowest BCUT2D eigenvalue weighted by atomic mass is 9.68. The Bertz CT molecular complexity index is 2180. The second-order valence-electron chi connectivity index (χ2n) is 16.7. The van der Waals surface area contributed by atoms with Crippen LogP contribution in [-0.4, -0.2) is 84.5 Å². The van der Waals surface area contributed by atoms with Crippen molar-refractivity contribution in [2.75, 3.05) is 55.6 Å². The summed E-state index contributed by atoms with van der Waals surface area (Å²) in [4.78, 5) is 46.2. The average Bonchev–Trinajstić information content (AvgIpc) is 3.53. The van der Waals surface area contributed by atoms with Gasteiger partial charge >= 0.3 is 0 Å². The highest BCUT2D eigenvalue weighted by Gasteiger charge is 2.47. The van der Waals surface area contributed by atoms with Gasteiger partial charge < -0.3 is 19.8 Å². The largest absolute Gasteiger partial charge is 0.508 e. The summed E-state index contributed by atoms with van der Waals surface area (Å²) in [6.07, 6.45) is 2.50. The quantitative estimate of drug-likeness (QED) is 0.197. The minimum Gasteiger partial charge on any atom is -0.508 e. The SMILES string of the molecule is Cc1ccc([C@@H]2CC(F)(F)c3cc(O)ccc3[C@@H]2c2ccc(N3CCC(CN4CCN(c5ccc6c(c5)CN([C@@H]5CCC(=O)NC5=O)C6=O)CC4)CC3)cc2)cc1. The molecule has 296 valence electrons. The average molecular weight is 774 g/mol. The van der Waals surface area contributed by atoms with Gasteiger partial charge in [0.25, 0.3) is 11.8 Å². The number of aromatic hydroxyl groups is 1. The predicted molar refractivity (Wildman–Crippen MR) is 215 cm³/mol. The van der Waals surface area contributed by atoms with E-state index in [9.17, 15) is 19.5 Å². The van der Waals surface area contributed by atoms with Crippen LogP contribution in [0.1, 0.15) is 87.7 Å². The fourth-order valence-corrected chi connectivity index (χ4v) is 9.97. The van der Waals surface area contributed by atoms with Crippen LogP contribution >= 0.6 is 0 Å². The third kappa shape index (κ3) is 7.26. The first-order valence-electron chi connectivity index (χ1n) is 20.4. The molecule has 4 aliphatic heterocycles. The van der Waals surface area contributed by atoms with Crippen LogP contribution in [-0.2, 0) is 22.1 Å². The van der Waals surface area contributed by atoms with Crippen molar-refractivity contribution < 1.29 is 28.3 Å². The fourth-order valence-electron chi connectivity index (χ4n) is 9.97. The van der Waals surface area contributed by atoms with Crippen LogP contribution in [0.3, 0.4) is 0 Å². The van der Waals surface area contributed by atoms with E-state index in [0.717, 1.165) is 92.3 Å². The number of phenolic OH excluding ortho intramolecular Hbond substituents is 1. The van der Waals surface area contributed by atoms with Crippen molar-refractivity contribution in [1.29, 1.82) is 0 Å². The molecule has 0 spiro atoms. The van der Waals surface area contributed by atoms with Crippen molar-refractivity contribution in [2.24, 2.45) is 5.92 Å². The highest BCUT2D eigenvalue weighted by Crippen LogP contribution is 2.55. The molecule has 2 N–H and O–H groups in total. The number of nitrogens with zero attached hydrogens (tertiary/aromatic N) is 4. The third-order valence-corrected chi connectivity index (χ3v) is 13.1. The van der Waals surface area contributed by atoms with Crippen LogP contribution < -0.4 is 15.1 Å². The summed E-state index contributed by atoms with van der Waals surface area (Å²) < 4.78 is 31.3. The molecule has 4 aromatic rings. The Morgan fingerprint density at radius 3 is 2.18 bits per heavy atom. The number of alkyl halides is 2. The number of carbonyl (C=O) groups is 3. The zero-order chi connectivity index (χ0) is 39.4. The second kappa shape index (κ2) is 14.9. The monoisotopic (exact) mass is 773 g/mol. The van der Waals surface area contributed by atoms with Crippen molar-refractivity contribution in [2.45, 2.75) is 69.4 Å². The Kier molecular flexibility index (Phi) is 9.75. The van der Waals surface area contributed by atoms with Crippen molar-refractivity contribution in [1.82, 2.24) is 15.1 Å². The Labute approximate surface area is 332 Å². The number of hydrogen-bond donors (Lipinski definition) is 2. The molecular formula is C46H49F2N5O4. The summed E-state index contributed by atoms with van der Waals surface area (Å²) in [7, 11) is 0. The molecule has 57 heavy (non-hydrogen) atoms. The maximum absolute atomic E-state index is 15.6. The number of aryl methyl sites for hydroxylation is 1. The molecule has 4 heterocycles. The molecule has 1 aliphatic carbocycles. The summed E-state index contributed by atoms with van der Waals surface area (Å²) in [6, 6.07) is 26.3. The predicted octanol–water partition coefficient (Wildman–Crippen LogP) is 6.91. The molecule has 9 nitrogen and oxygen atoms in total. The number of fused-ring (bicyclic) bond motifs is 2. The number of nitrogens with one attached hydrogen (secondary N) is 1. The van der Waals surface area contributed by atoms with Crippen LogP contribution in [0.2, 0.25) is 0 Å². The molecular weight excluding hydrogens is 725 g/mol. The molecule has 0 bridgehead atoms. The molecule has 0 unspecified atom stereocenters. The standard InChI is InChI=1S/C46H49F2N5O4/c1-29-2-4-31(5-3-29)39-26-46(47,48)40-25-36(54)11-13-38(40)43(39)32-6-8-34(9-7-32)51-18-16-30(17-19-51)27-50-20-22-52(23-21-50)35-10-12-37-33(24-35)28-53(45(37)57)41-14-15-42(55)49-44(41)56/h2-13,24-25,30,39,41,43,54H,14-23,26-28H2,1H3,(H,49,55,56)/t39-,41+,43-/m0/s1. The molecule has 5 aliphatic rings. The van der Waals surface area contributed by atoms with E-state index in [0.29, 0.717) is 30.0 Å². The molecule has 9 rings (SSSR count). The Balaban J connectivity index is 0.797.